The van der Waals surface area contributed by atoms with Crippen LogP contribution in [-0.4, -0.2) is 16.1 Å². The Labute approximate surface area is 128 Å². The van der Waals surface area contributed by atoms with Gasteiger partial charge in [-0.15, -0.1) is 0 Å². The van der Waals surface area contributed by atoms with Crippen LogP contribution in [0.1, 0.15) is 39.5 Å². The second-order valence-corrected chi connectivity index (χ2v) is 5.97. The molecule has 0 saturated carbocycles. The summed E-state index contributed by atoms with van der Waals surface area (Å²) in [5, 5.41) is 10.4. The summed E-state index contributed by atoms with van der Waals surface area (Å²) in [7, 11) is 0. The summed E-state index contributed by atoms with van der Waals surface area (Å²) in [6, 6.07) is 16.1. The predicted molar refractivity (Wildman–Crippen MR) is 86.5 cm³/mol. The number of carboxylic acid groups (broad SMARTS) is 1. The van der Waals surface area contributed by atoms with E-state index in [2.05, 4.69) is 29.2 Å². The van der Waals surface area contributed by atoms with Gasteiger partial charge in [0.1, 0.15) is 0 Å². The fourth-order valence-electron chi connectivity index (χ4n) is 3.63. The van der Waals surface area contributed by atoms with Crippen molar-refractivity contribution in [1.29, 1.82) is 0 Å². The van der Waals surface area contributed by atoms with E-state index in [-0.39, 0.29) is 0 Å². The van der Waals surface area contributed by atoms with Crippen LogP contribution in [0, 0.1) is 0 Å². The van der Waals surface area contributed by atoms with Crippen LogP contribution in [0.4, 0.5) is 0 Å². The van der Waals surface area contributed by atoms with Gasteiger partial charge in [0.05, 0.1) is 11.1 Å². The molecular weight excluding hydrogens is 274 g/mol. The number of aryl methyl sites for hydroxylation is 1. The highest BCUT2D eigenvalue weighted by molar-refractivity contribution is 6.03. The zero-order chi connectivity index (χ0) is 15.1. The van der Waals surface area contributed by atoms with E-state index in [0.717, 1.165) is 30.2 Å². The molecular formula is C19H17NO2. The fourth-order valence-corrected chi connectivity index (χ4v) is 3.63. The van der Waals surface area contributed by atoms with Gasteiger partial charge in [0.25, 0.3) is 0 Å². The van der Waals surface area contributed by atoms with Gasteiger partial charge in [-0.3, -0.25) is 0 Å². The fraction of sp³-hybridized carbons (Fsp3) is 0.211. The second kappa shape index (κ2) is 5.02. The number of rotatable bonds is 2. The molecule has 1 aliphatic carbocycles. The van der Waals surface area contributed by atoms with Crippen LogP contribution < -0.4 is 0 Å². The van der Waals surface area contributed by atoms with Crippen LogP contribution in [0.25, 0.3) is 10.9 Å². The zero-order valence-corrected chi connectivity index (χ0v) is 12.2. The molecule has 1 aliphatic rings. The first kappa shape index (κ1) is 13.1. The molecule has 1 atom stereocenters. The maximum atomic E-state index is 11.4. The lowest BCUT2D eigenvalue weighted by atomic mass is 9.82. The summed E-state index contributed by atoms with van der Waals surface area (Å²) >= 11 is 0. The molecule has 0 saturated heterocycles. The molecule has 1 heterocycles. The highest BCUT2D eigenvalue weighted by atomic mass is 16.4. The standard InChI is InChI=1S/C19H17NO2/c21-19(22)15-8-4-7-14-16-11-13(12-5-2-1-3-6-12)9-10-17(16)20-18(14)15/h1-8,13,20H,9-11H2,(H,21,22). The quantitative estimate of drug-likeness (QED) is 0.745. The molecule has 0 bridgehead atoms. The number of H-pyrrole nitrogens is 1. The Morgan fingerprint density at radius 3 is 2.68 bits per heavy atom. The number of aromatic carboxylic acids is 1. The van der Waals surface area contributed by atoms with Crippen LogP contribution in [0.5, 0.6) is 0 Å². The minimum absolute atomic E-state index is 0.364. The van der Waals surface area contributed by atoms with Gasteiger partial charge in [-0.2, -0.15) is 0 Å². The van der Waals surface area contributed by atoms with Gasteiger partial charge in [-0.25, -0.2) is 4.79 Å². The molecule has 2 aromatic carbocycles. The summed E-state index contributed by atoms with van der Waals surface area (Å²) in [5.74, 6) is -0.356. The zero-order valence-electron chi connectivity index (χ0n) is 12.2. The largest absolute Gasteiger partial charge is 0.478 e. The smallest absolute Gasteiger partial charge is 0.337 e. The van der Waals surface area contributed by atoms with Crippen molar-refractivity contribution >= 4 is 16.9 Å². The molecule has 3 heteroatoms. The van der Waals surface area contributed by atoms with E-state index in [0.29, 0.717) is 11.5 Å². The number of nitrogens with one attached hydrogen (secondary N) is 1. The summed E-state index contributed by atoms with van der Waals surface area (Å²) < 4.78 is 0. The van der Waals surface area contributed by atoms with Gasteiger partial charge in [-0.1, -0.05) is 42.5 Å². The van der Waals surface area contributed by atoms with Crippen LogP contribution in [0.2, 0.25) is 0 Å². The van der Waals surface area contributed by atoms with Gasteiger partial charge in [-0.05, 0) is 42.4 Å². The lowest BCUT2D eigenvalue weighted by molar-refractivity contribution is 0.0699. The Morgan fingerprint density at radius 2 is 1.91 bits per heavy atom. The number of fused-ring (bicyclic) bond motifs is 3. The van der Waals surface area contributed by atoms with E-state index in [1.165, 1.54) is 16.8 Å². The van der Waals surface area contributed by atoms with E-state index >= 15 is 0 Å². The van der Waals surface area contributed by atoms with Crippen molar-refractivity contribution in [2.45, 2.75) is 25.2 Å². The molecule has 0 fully saturated rings. The summed E-state index contributed by atoms with van der Waals surface area (Å²) in [6.07, 6.45) is 3.05. The van der Waals surface area contributed by atoms with Crippen molar-refractivity contribution in [2.75, 3.05) is 0 Å². The molecule has 22 heavy (non-hydrogen) atoms. The monoisotopic (exact) mass is 291 g/mol. The van der Waals surface area contributed by atoms with Gasteiger partial charge < -0.3 is 10.1 Å². The lowest BCUT2D eigenvalue weighted by Gasteiger charge is -2.22. The number of aromatic amines is 1. The number of benzene rings is 2. The second-order valence-electron chi connectivity index (χ2n) is 5.97. The average molecular weight is 291 g/mol. The highest BCUT2D eigenvalue weighted by Gasteiger charge is 2.25. The van der Waals surface area contributed by atoms with E-state index in [9.17, 15) is 9.90 Å². The SMILES string of the molecule is O=C(O)c1cccc2c3c([nH]c12)CCC(c1ccccc1)C3. The molecule has 110 valence electrons. The first-order chi connectivity index (χ1) is 10.7. The summed E-state index contributed by atoms with van der Waals surface area (Å²) in [5.41, 5.74) is 5.00. The first-order valence-electron chi connectivity index (χ1n) is 7.64. The number of hydrogen-bond donors (Lipinski definition) is 2. The van der Waals surface area contributed by atoms with Gasteiger partial charge >= 0.3 is 5.97 Å². The first-order valence-corrected chi connectivity index (χ1v) is 7.64. The summed E-state index contributed by atoms with van der Waals surface area (Å²) in [6.45, 7) is 0. The molecule has 0 radical (unpaired) electrons. The molecule has 0 amide bonds. The predicted octanol–water partition coefficient (Wildman–Crippen LogP) is 4.14. The van der Waals surface area contributed by atoms with Crippen LogP contribution in [0.15, 0.2) is 48.5 Å². The third-order valence-electron chi connectivity index (χ3n) is 4.72. The van der Waals surface area contributed by atoms with Gasteiger partial charge in [0.15, 0.2) is 0 Å². The Balaban J connectivity index is 1.80. The highest BCUT2D eigenvalue weighted by Crippen LogP contribution is 2.37. The maximum absolute atomic E-state index is 11.4. The average Bonchev–Trinajstić information content (AvgIpc) is 2.93. The number of para-hydroxylation sites is 1. The van der Waals surface area contributed by atoms with Crippen molar-refractivity contribution in [3.63, 3.8) is 0 Å². The number of hydrogen-bond acceptors (Lipinski definition) is 1. The van der Waals surface area contributed by atoms with Crippen LogP contribution in [-0.2, 0) is 12.8 Å². The Kier molecular flexibility index (Phi) is 3.00. The summed E-state index contributed by atoms with van der Waals surface area (Å²) in [4.78, 5) is 14.8. The molecule has 4 rings (SSSR count). The van der Waals surface area contributed by atoms with Gasteiger partial charge in [0.2, 0.25) is 0 Å². The molecule has 1 aromatic heterocycles. The van der Waals surface area contributed by atoms with Crippen molar-refractivity contribution < 1.29 is 9.90 Å². The molecule has 3 nitrogen and oxygen atoms in total. The number of carbonyl (C=O) groups is 1. The third-order valence-corrected chi connectivity index (χ3v) is 4.72. The van der Waals surface area contributed by atoms with Crippen molar-refractivity contribution in [1.82, 2.24) is 4.98 Å². The molecule has 1 unspecified atom stereocenters. The lowest BCUT2D eigenvalue weighted by Crippen LogP contribution is -2.11. The molecule has 0 spiro atoms. The van der Waals surface area contributed by atoms with Crippen molar-refractivity contribution in [3.05, 3.63) is 70.9 Å². The Morgan fingerprint density at radius 1 is 1.09 bits per heavy atom. The maximum Gasteiger partial charge on any atom is 0.337 e. The van der Waals surface area contributed by atoms with Crippen LogP contribution >= 0.6 is 0 Å². The minimum Gasteiger partial charge on any atom is -0.478 e. The molecule has 2 N–H and O–H groups in total. The topological polar surface area (TPSA) is 53.1 Å². The molecule has 0 aliphatic heterocycles. The number of aromatic nitrogens is 1. The number of carboxylic acids is 1. The van der Waals surface area contributed by atoms with Gasteiger partial charge in [0, 0.05) is 11.1 Å². The van der Waals surface area contributed by atoms with E-state index < -0.39 is 5.97 Å². The van der Waals surface area contributed by atoms with E-state index in [1.807, 2.05) is 18.2 Å². The van der Waals surface area contributed by atoms with Crippen molar-refractivity contribution in [3.8, 4) is 0 Å². The Hall–Kier alpha value is -2.55. The van der Waals surface area contributed by atoms with E-state index in [1.54, 1.807) is 6.07 Å². The third kappa shape index (κ3) is 2.01. The van der Waals surface area contributed by atoms with Crippen molar-refractivity contribution in [2.24, 2.45) is 0 Å². The normalized spacial score (nSPS) is 17.4. The minimum atomic E-state index is -0.871. The molecule has 3 aromatic rings. The van der Waals surface area contributed by atoms with Crippen LogP contribution in [0.3, 0.4) is 0 Å². The Bertz CT molecular complexity index is 849. The van der Waals surface area contributed by atoms with E-state index in [4.69, 9.17) is 0 Å².